The van der Waals surface area contributed by atoms with Crippen LogP contribution in [0.2, 0.25) is 0 Å². The fourth-order valence-electron chi connectivity index (χ4n) is 2.27. The summed E-state index contributed by atoms with van der Waals surface area (Å²) in [5.74, 6) is 3.33. The monoisotopic (exact) mass is 274 g/mol. The second-order valence-electron chi connectivity index (χ2n) is 4.99. The molecule has 0 aromatic heterocycles. The van der Waals surface area contributed by atoms with Gasteiger partial charge in [0.05, 0.1) is 12.7 Å². The zero-order chi connectivity index (χ0) is 14.2. The Balaban J connectivity index is 1.80. The van der Waals surface area contributed by atoms with Crippen molar-refractivity contribution in [1.82, 2.24) is 10.2 Å². The highest BCUT2D eigenvalue weighted by atomic mass is 16.5. The van der Waals surface area contributed by atoms with E-state index in [1.807, 2.05) is 24.3 Å². The van der Waals surface area contributed by atoms with E-state index in [4.69, 9.17) is 15.9 Å². The van der Waals surface area contributed by atoms with Crippen LogP contribution in [0, 0.1) is 12.3 Å². The molecule has 1 aromatic carbocycles. The molecule has 1 heterocycles. The van der Waals surface area contributed by atoms with E-state index < -0.39 is 0 Å². The van der Waals surface area contributed by atoms with Crippen molar-refractivity contribution < 1.29 is 9.47 Å². The van der Waals surface area contributed by atoms with Crippen molar-refractivity contribution in [3.63, 3.8) is 0 Å². The quantitative estimate of drug-likeness (QED) is 0.788. The Morgan fingerprint density at radius 1 is 1.50 bits per heavy atom. The number of likely N-dealkylation sites (N-methyl/N-ethyl adjacent to an activating group) is 1. The minimum atomic E-state index is 0.257. The average molecular weight is 274 g/mol. The molecule has 0 spiro atoms. The van der Waals surface area contributed by atoms with E-state index in [1.165, 1.54) is 0 Å². The standard InChI is InChI=1S/C16H22N2O2/c1-3-9-20-16-7-5-4-6-14(16)11-17-12-15-13-18(2)8-10-19-15/h1,4-7,15,17H,8-13H2,2H3. The number of benzene rings is 1. The molecule has 4 heteroatoms. The van der Waals surface area contributed by atoms with Gasteiger partial charge < -0.3 is 19.7 Å². The van der Waals surface area contributed by atoms with Crippen LogP contribution in [0.5, 0.6) is 5.75 Å². The van der Waals surface area contributed by atoms with Crippen LogP contribution >= 0.6 is 0 Å². The van der Waals surface area contributed by atoms with Crippen LogP contribution in [0.25, 0.3) is 0 Å². The average Bonchev–Trinajstić information content (AvgIpc) is 2.46. The minimum Gasteiger partial charge on any atom is -0.481 e. The normalized spacial score (nSPS) is 19.5. The number of nitrogens with zero attached hydrogens (tertiary/aromatic N) is 1. The van der Waals surface area contributed by atoms with Crippen LogP contribution in [-0.2, 0) is 11.3 Å². The summed E-state index contributed by atoms with van der Waals surface area (Å²) >= 11 is 0. The third kappa shape index (κ3) is 4.53. The highest BCUT2D eigenvalue weighted by Gasteiger charge is 2.17. The Hall–Kier alpha value is -1.54. The van der Waals surface area contributed by atoms with E-state index in [1.54, 1.807) is 0 Å². The van der Waals surface area contributed by atoms with Crippen molar-refractivity contribution >= 4 is 0 Å². The lowest BCUT2D eigenvalue weighted by atomic mass is 10.2. The predicted molar refractivity (Wildman–Crippen MR) is 79.7 cm³/mol. The third-order valence-corrected chi connectivity index (χ3v) is 3.31. The molecule has 0 saturated carbocycles. The van der Waals surface area contributed by atoms with Crippen LogP contribution in [0.3, 0.4) is 0 Å². The van der Waals surface area contributed by atoms with Crippen LogP contribution in [0.1, 0.15) is 5.56 Å². The van der Waals surface area contributed by atoms with Gasteiger partial charge in [0.25, 0.3) is 0 Å². The van der Waals surface area contributed by atoms with Crippen molar-refractivity contribution in [2.45, 2.75) is 12.6 Å². The molecule has 1 fully saturated rings. The Morgan fingerprint density at radius 2 is 2.35 bits per heavy atom. The number of hydrogen-bond acceptors (Lipinski definition) is 4. The molecule has 0 amide bonds. The first-order valence-corrected chi connectivity index (χ1v) is 6.94. The minimum absolute atomic E-state index is 0.257. The first-order chi connectivity index (χ1) is 9.79. The summed E-state index contributed by atoms with van der Waals surface area (Å²) < 4.78 is 11.2. The zero-order valence-electron chi connectivity index (χ0n) is 12.0. The van der Waals surface area contributed by atoms with Crippen LogP contribution in [0.15, 0.2) is 24.3 Å². The number of para-hydroxylation sites is 1. The first kappa shape index (κ1) is 14.9. The van der Waals surface area contributed by atoms with E-state index >= 15 is 0 Å². The second-order valence-corrected chi connectivity index (χ2v) is 4.99. The number of ether oxygens (including phenoxy) is 2. The smallest absolute Gasteiger partial charge is 0.148 e. The Labute approximate surface area is 121 Å². The van der Waals surface area contributed by atoms with Gasteiger partial charge in [0.15, 0.2) is 0 Å². The van der Waals surface area contributed by atoms with Crippen molar-refractivity contribution in [2.75, 3.05) is 39.9 Å². The van der Waals surface area contributed by atoms with E-state index in [0.29, 0.717) is 6.61 Å². The second kappa shape index (κ2) is 7.91. The van der Waals surface area contributed by atoms with Gasteiger partial charge in [-0.25, -0.2) is 0 Å². The first-order valence-electron chi connectivity index (χ1n) is 6.94. The number of rotatable bonds is 6. The Bertz CT molecular complexity index is 456. The van der Waals surface area contributed by atoms with Gasteiger partial charge in [-0.1, -0.05) is 24.1 Å². The van der Waals surface area contributed by atoms with Crippen LogP contribution < -0.4 is 10.1 Å². The molecule has 0 aliphatic carbocycles. The summed E-state index contributed by atoms with van der Waals surface area (Å²) in [6.45, 7) is 4.69. The molecule has 0 bridgehead atoms. The molecule has 2 rings (SSSR count). The third-order valence-electron chi connectivity index (χ3n) is 3.31. The molecule has 1 saturated heterocycles. The van der Waals surface area contributed by atoms with E-state index in [-0.39, 0.29) is 6.10 Å². The van der Waals surface area contributed by atoms with Crippen LogP contribution in [0.4, 0.5) is 0 Å². The summed E-state index contributed by atoms with van der Waals surface area (Å²) in [7, 11) is 2.12. The molecule has 1 aliphatic rings. The molecule has 1 unspecified atom stereocenters. The molecule has 1 aliphatic heterocycles. The molecular formula is C16H22N2O2. The molecule has 1 N–H and O–H groups in total. The maximum atomic E-state index is 5.72. The molecule has 1 atom stereocenters. The van der Waals surface area contributed by atoms with E-state index in [9.17, 15) is 0 Å². The zero-order valence-corrected chi connectivity index (χ0v) is 12.0. The molecular weight excluding hydrogens is 252 g/mol. The lowest BCUT2D eigenvalue weighted by Crippen LogP contribution is -2.44. The van der Waals surface area contributed by atoms with Crippen molar-refractivity contribution in [3.05, 3.63) is 29.8 Å². The Morgan fingerprint density at radius 3 is 3.15 bits per heavy atom. The molecule has 0 radical (unpaired) electrons. The Kier molecular flexibility index (Phi) is 5.87. The summed E-state index contributed by atoms with van der Waals surface area (Å²) in [6.07, 6.45) is 5.48. The molecule has 4 nitrogen and oxygen atoms in total. The summed E-state index contributed by atoms with van der Waals surface area (Å²) in [5.41, 5.74) is 1.12. The number of nitrogens with one attached hydrogen (secondary N) is 1. The van der Waals surface area contributed by atoms with Gasteiger partial charge in [-0.05, 0) is 13.1 Å². The van der Waals surface area contributed by atoms with E-state index in [2.05, 4.69) is 23.2 Å². The van der Waals surface area contributed by atoms with E-state index in [0.717, 1.165) is 44.1 Å². The summed E-state index contributed by atoms with van der Waals surface area (Å²) in [5, 5.41) is 3.43. The van der Waals surface area contributed by atoms with Gasteiger partial charge in [0.2, 0.25) is 0 Å². The predicted octanol–water partition coefficient (Wildman–Crippen LogP) is 1.12. The van der Waals surface area contributed by atoms with Gasteiger partial charge in [0, 0.05) is 31.7 Å². The van der Waals surface area contributed by atoms with Gasteiger partial charge in [-0.2, -0.15) is 0 Å². The fourth-order valence-corrected chi connectivity index (χ4v) is 2.27. The number of morpholine rings is 1. The maximum Gasteiger partial charge on any atom is 0.148 e. The highest BCUT2D eigenvalue weighted by Crippen LogP contribution is 2.17. The van der Waals surface area contributed by atoms with Gasteiger partial charge in [-0.15, -0.1) is 6.42 Å². The number of terminal acetylenes is 1. The molecule has 108 valence electrons. The SMILES string of the molecule is C#CCOc1ccccc1CNCC1CN(C)CCO1. The largest absolute Gasteiger partial charge is 0.481 e. The highest BCUT2D eigenvalue weighted by molar-refractivity contribution is 5.33. The van der Waals surface area contributed by atoms with Crippen LogP contribution in [-0.4, -0.2) is 50.9 Å². The number of hydrogen-bond donors (Lipinski definition) is 1. The van der Waals surface area contributed by atoms with Crippen molar-refractivity contribution in [2.24, 2.45) is 0 Å². The lowest BCUT2D eigenvalue weighted by molar-refractivity contribution is -0.0182. The van der Waals surface area contributed by atoms with Crippen molar-refractivity contribution in [1.29, 1.82) is 0 Å². The van der Waals surface area contributed by atoms with Crippen molar-refractivity contribution in [3.8, 4) is 18.1 Å². The van der Waals surface area contributed by atoms with Gasteiger partial charge >= 0.3 is 0 Å². The molecule has 1 aromatic rings. The summed E-state index contributed by atoms with van der Waals surface area (Å²) in [6, 6.07) is 7.95. The topological polar surface area (TPSA) is 33.7 Å². The fraction of sp³-hybridized carbons (Fsp3) is 0.500. The van der Waals surface area contributed by atoms with Gasteiger partial charge in [0.1, 0.15) is 12.4 Å². The molecule has 20 heavy (non-hydrogen) atoms. The maximum absolute atomic E-state index is 5.72. The lowest BCUT2D eigenvalue weighted by Gasteiger charge is -2.30. The van der Waals surface area contributed by atoms with Gasteiger partial charge in [-0.3, -0.25) is 0 Å². The summed E-state index contributed by atoms with van der Waals surface area (Å²) in [4.78, 5) is 2.29.